The largest absolute Gasteiger partial charge is 0.351 e. The summed E-state index contributed by atoms with van der Waals surface area (Å²) in [6.07, 6.45) is 1.62. The van der Waals surface area contributed by atoms with Gasteiger partial charge in [0.05, 0.1) is 17.4 Å². The number of carbonyl (C=O) groups is 1. The molecule has 1 aromatic carbocycles. The standard InChI is InChI=1S/C11H14N4O/c1-12-4-5-13-11(16)8-2-3-9-10(6-8)15-7-14-9/h2-3,6-7,12H,4-5H2,1H3,(H,13,16)(H,14,15). The van der Waals surface area contributed by atoms with Crippen molar-refractivity contribution in [2.45, 2.75) is 0 Å². The Balaban J connectivity index is 2.10. The third-order valence-corrected chi connectivity index (χ3v) is 2.34. The fourth-order valence-electron chi connectivity index (χ4n) is 1.48. The van der Waals surface area contributed by atoms with Gasteiger partial charge in [-0.1, -0.05) is 0 Å². The Hall–Kier alpha value is -1.88. The molecule has 0 atom stereocenters. The van der Waals surface area contributed by atoms with Gasteiger partial charge in [0.25, 0.3) is 5.91 Å². The first-order valence-electron chi connectivity index (χ1n) is 5.17. The van der Waals surface area contributed by atoms with Crippen LogP contribution in [-0.4, -0.2) is 36.0 Å². The number of hydrogen-bond donors (Lipinski definition) is 3. The first kappa shape index (κ1) is 10.6. The molecule has 1 amide bonds. The van der Waals surface area contributed by atoms with Gasteiger partial charge >= 0.3 is 0 Å². The number of nitrogens with one attached hydrogen (secondary N) is 3. The molecule has 5 nitrogen and oxygen atoms in total. The van der Waals surface area contributed by atoms with Crippen molar-refractivity contribution < 1.29 is 4.79 Å². The average Bonchev–Trinajstić information content (AvgIpc) is 2.76. The number of nitrogens with zero attached hydrogens (tertiary/aromatic N) is 1. The second-order valence-corrected chi connectivity index (χ2v) is 3.49. The lowest BCUT2D eigenvalue weighted by molar-refractivity contribution is 0.0954. The summed E-state index contributed by atoms with van der Waals surface area (Å²) >= 11 is 0. The molecule has 3 N–H and O–H groups in total. The summed E-state index contributed by atoms with van der Waals surface area (Å²) in [6, 6.07) is 5.41. The SMILES string of the molecule is CNCCNC(=O)c1ccc2nc[nH]c2c1. The number of fused-ring (bicyclic) bond motifs is 1. The number of H-pyrrole nitrogens is 1. The molecule has 0 bridgehead atoms. The van der Waals surface area contributed by atoms with Gasteiger partial charge in [-0.15, -0.1) is 0 Å². The molecular formula is C11H14N4O. The molecular weight excluding hydrogens is 204 g/mol. The third kappa shape index (κ3) is 2.20. The van der Waals surface area contributed by atoms with E-state index in [1.165, 1.54) is 0 Å². The molecule has 0 aliphatic rings. The molecule has 16 heavy (non-hydrogen) atoms. The van der Waals surface area contributed by atoms with Crippen molar-refractivity contribution in [2.24, 2.45) is 0 Å². The predicted molar refractivity (Wildman–Crippen MR) is 62.4 cm³/mol. The van der Waals surface area contributed by atoms with Gasteiger partial charge in [0, 0.05) is 18.7 Å². The molecule has 0 saturated heterocycles. The van der Waals surface area contributed by atoms with Crippen LogP contribution in [0, 0.1) is 0 Å². The highest BCUT2D eigenvalue weighted by Gasteiger charge is 2.05. The fraction of sp³-hybridized carbons (Fsp3) is 0.273. The van der Waals surface area contributed by atoms with Crippen LogP contribution in [0.3, 0.4) is 0 Å². The number of hydrogen-bond acceptors (Lipinski definition) is 3. The van der Waals surface area contributed by atoms with E-state index in [-0.39, 0.29) is 5.91 Å². The monoisotopic (exact) mass is 218 g/mol. The van der Waals surface area contributed by atoms with Gasteiger partial charge in [0.15, 0.2) is 0 Å². The van der Waals surface area contributed by atoms with Crippen LogP contribution in [0.1, 0.15) is 10.4 Å². The molecule has 84 valence electrons. The van der Waals surface area contributed by atoms with E-state index in [1.807, 2.05) is 13.1 Å². The second-order valence-electron chi connectivity index (χ2n) is 3.49. The predicted octanol–water partition coefficient (Wildman–Crippen LogP) is 0.512. The Morgan fingerprint density at radius 2 is 2.31 bits per heavy atom. The van der Waals surface area contributed by atoms with Gasteiger partial charge in [-0.2, -0.15) is 0 Å². The van der Waals surface area contributed by atoms with E-state index in [0.717, 1.165) is 17.6 Å². The topological polar surface area (TPSA) is 69.8 Å². The maximum atomic E-state index is 11.7. The summed E-state index contributed by atoms with van der Waals surface area (Å²) in [5.41, 5.74) is 2.39. The summed E-state index contributed by atoms with van der Waals surface area (Å²) in [4.78, 5) is 18.8. The first-order valence-corrected chi connectivity index (χ1v) is 5.17. The summed E-state index contributed by atoms with van der Waals surface area (Å²) in [5, 5.41) is 5.79. The van der Waals surface area contributed by atoms with Crippen molar-refractivity contribution in [2.75, 3.05) is 20.1 Å². The number of likely N-dealkylation sites (N-methyl/N-ethyl adjacent to an activating group) is 1. The fourth-order valence-corrected chi connectivity index (χ4v) is 1.48. The van der Waals surface area contributed by atoms with Gasteiger partial charge in [-0.3, -0.25) is 4.79 Å². The number of aromatic nitrogens is 2. The molecule has 0 fully saturated rings. The van der Waals surface area contributed by atoms with Gasteiger partial charge in [-0.05, 0) is 25.2 Å². The summed E-state index contributed by atoms with van der Waals surface area (Å²) < 4.78 is 0. The van der Waals surface area contributed by atoms with Gasteiger partial charge in [-0.25, -0.2) is 4.98 Å². The Kier molecular flexibility index (Phi) is 3.16. The minimum atomic E-state index is -0.0632. The highest BCUT2D eigenvalue weighted by atomic mass is 16.1. The van der Waals surface area contributed by atoms with Crippen LogP contribution < -0.4 is 10.6 Å². The number of amides is 1. The van der Waals surface area contributed by atoms with Crippen molar-refractivity contribution in [3.63, 3.8) is 0 Å². The quantitative estimate of drug-likeness (QED) is 0.655. The van der Waals surface area contributed by atoms with E-state index < -0.39 is 0 Å². The van der Waals surface area contributed by atoms with Crippen LogP contribution in [0.4, 0.5) is 0 Å². The molecule has 0 aliphatic heterocycles. The molecule has 0 saturated carbocycles. The smallest absolute Gasteiger partial charge is 0.251 e. The van der Waals surface area contributed by atoms with E-state index in [9.17, 15) is 4.79 Å². The maximum Gasteiger partial charge on any atom is 0.251 e. The highest BCUT2D eigenvalue weighted by Crippen LogP contribution is 2.11. The van der Waals surface area contributed by atoms with Crippen LogP contribution in [0.2, 0.25) is 0 Å². The minimum absolute atomic E-state index is 0.0632. The van der Waals surface area contributed by atoms with Crippen LogP contribution in [0.25, 0.3) is 11.0 Å². The third-order valence-electron chi connectivity index (χ3n) is 2.34. The molecule has 1 heterocycles. The lowest BCUT2D eigenvalue weighted by Crippen LogP contribution is -2.30. The second kappa shape index (κ2) is 4.76. The number of rotatable bonds is 4. The van der Waals surface area contributed by atoms with Crippen LogP contribution >= 0.6 is 0 Å². The number of benzene rings is 1. The molecule has 0 aliphatic carbocycles. The zero-order valence-electron chi connectivity index (χ0n) is 9.08. The van der Waals surface area contributed by atoms with E-state index in [0.29, 0.717) is 12.1 Å². The molecule has 0 radical (unpaired) electrons. The number of imidazole rings is 1. The molecule has 0 unspecified atom stereocenters. The lowest BCUT2D eigenvalue weighted by atomic mass is 10.2. The van der Waals surface area contributed by atoms with Gasteiger partial charge < -0.3 is 15.6 Å². The normalized spacial score (nSPS) is 10.6. The van der Waals surface area contributed by atoms with Gasteiger partial charge in [0.1, 0.15) is 0 Å². The minimum Gasteiger partial charge on any atom is -0.351 e. The average molecular weight is 218 g/mol. The molecule has 0 spiro atoms. The van der Waals surface area contributed by atoms with Crippen molar-refractivity contribution in [1.29, 1.82) is 0 Å². The zero-order valence-corrected chi connectivity index (χ0v) is 9.08. The zero-order chi connectivity index (χ0) is 11.4. The van der Waals surface area contributed by atoms with Gasteiger partial charge in [0.2, 0.25) is 0 Å². The van der Waals surface area contributed by atoms with E-state index in [1.54, 1.807) is 18.5 Å². The number of aromatic amines is 1. The molecule has 5 heteroatoms. The van der Waals surface area contributed by atoms with Crippen molar-refractivity contribution >= 4 is 16.9 Å². The Morgan fingerprint density at radius 1 is 1.44 bits per heavy atom. The molecule has 2 aromatic rings. The van der Waals surface area contributed by atoms with Crippen LogP contribution in [0.15, 0.2) is 24.5 Å². The lowest BCUT2D eigenvalue weighted by Gasteiger charge is -2.04. The van der Waals surface area contributed by atoms with Crippen molar-refractivity contribution in [3.8, 4) is 0 Å². The summed E-state index contributed by atoms with van der Waals surface area (Å²) in [6.45, 7) is 1.38. The molecule has 1 aromatic heterocycles. The van der Waals surface area contributed by atoms with E-state index >= 15 is 0 Å². The Bertz CT molecular complexity index is 491. The van der Waals surface area contributed by atoms with Crippen LogP contribution in [-0.2, 0) is 0 Å². The van der Waals surface area contributed by atoms with E-state index in [4.69, 9.17) is 0 Å². The maximum absolute atomic E-state index is 11.7. The Morgan fingerprint density at radius 3 is 3.12 bits per heavy atom. The summed E-state index contributed by atoms with van der Waals surface area (Å²) in [7, 11) is 1.85. The van der Waals surface area contributed by atoms with E-state index in [2.05, 4.69) is 20.6 Å². The first-order chi connectivity index (χ1) is 7.81. The van der Waals surface area contributed by atoms with Crippen LogP contribution in [0.5, 0.6) is 0 Å². The van der Waals surface area contributed by atoms with Crippen molar-refractivity contribution in [1.82, 2.24) is 20.6 Å². The summed E-state index contributed by atoms with van der Waals surface area (Å²) in [5.74, 6) is -0.0632. The highest BCUT2D eigenvalue weighted by molar-refractivity contribution is 5.97. The Labute approximate surface area is 93.3 Å². The molecule has 2 rings (SSSR count). The van der Waals surface area contributed by atoms with Crippen molar-refractivity contribution in [3.05, 3.63) is 30.1 Å². The number of carbonyl (C=O) groups excluding carboxylic acids is 1.